The number of hydrogen-bond donors (Lipinski definition) is 0. The number of nitrogens with zero attached hydrogens (tertiary/aromatic N) is 8. The summed E-state index contributed by atoms with van der Waals surface area (Å²) in [6, 6.07) is 114. The van der Waals surface area contributed by atoms with Crippen LogP contribution in [0, 0.1) is 0 Å². The highest BCUT2D eigenvalue weighted by Crippen LogP contribution is 2.42. The Morgan fingerprint density at radius 1 is 0.153 bits per heavy atom. The van der Waals surface area contributed by atoms with Gasteiger partial charge in [-0.3, -0.25) is 9.97 Å². The fourth-order valence-electron chi connectivity index (χ4n) is 13.7. The lowest BCUT2D eigenvalue weighted by atomic mass is 9.93. The van der Waals surface area contributed by atoms with Gasteiger partial charge in [0.1, 0.15) is 0 Å². The summed E-state index contributed by atoms with van der Waals surface area (Å²) >= 11 is 0. The van der Waals surface area contributed by atoms with Crippen molar-refractivity contribution in [2.45, 2.75) is 0 Å². The molecule has 0 radical (unpaired) electrons. The Morgan fingerprint density at radius 2 is 0.500 bits per heavy atom. The van der Waals surface area contributed by atoms with E-state index in [1.807, 2.05) is 54.7 Å². The first-order valence-electron chi connectivity index (χ1n) is 32.9. The van der Waals surface area contributed by atoms with Gasteiger partial charge < -0.3 is 0 Å². The van der Waals surface area contributed by atoms with Crippen molar-refractivity contribution in [1.29, 1.82) is 0 Å². The highest BCUT2D eigenvalue weighted by atomic mass is 14.8. The first-order valence-corrected chi connectivity index (χ1v) is 32.9. The predicted octanol–water partition coefficient (Wildman–Crippen LogP) is 22.8. The van der Waals surface area contributed by atoms with Crippen molar-refractivity contribution in [3.05, 3.63) is 340 Å². The molecule has 0 aliphatic heterocycles. The molecule has 0 saturated heterocycles. The number of fused-ring (bicyclic) bond motifs is 11. The Hall–Kier alpha value is -13.3. The number of para-hydroxylation sites is 2. The third kappa shape index (κ3) is 10.6. The molecule has 0 spiro atoms. The van der Waals surface area contributed by atoms with E-state index in [4.69, 9.17) is 29.9 Å². The molecule has 456 valence electrons. The topological polar surface area (TPSA) is 103 Å². The van der Waals surface area contributed by atoms with E-state index in [1.54, 1.807) is 6.20 Å². The van der Waals surface area contributed by atoms with Gasteiger partial charge in [0.25, 0.3) is 0 Å². The van der Waals surface area contributed by atoms with Gasteiger partial charge in [0.2, 0.25) is 0 Å². The third-order valence-electron chi connectivity index (χ3n) is 18.6. The van der Waals surface area contributed by atoms with Gasteiger partial charge in [-0.2, -0.15) is 0 Å². The van der Waals surface area contributed by atoms with E-state index in [1.165, 1.54) is 33.4 Å². The second kappa shape index (κ2) is 24.6. The van der Waals surface area contributed by atoms with Gasteiger partial charge >= 0.3 is 0 Å². The lowest BCUT2D eigenvalue weighted by molar-refractivity contribution is 1.25. The maximum absolute atomic E-state index is 5.26. The Morgan fingerprint density at radius 3 is 0.969 bits per heavy atom. The van der Waals surface area contributed by atoms with Gasteiger partial charge in [0.15, 0.2) is 0 Å². The van der Waals surface area contributed by atoms with Crippen LogP contribution in [-0.2, 0) is 0 Å². The average Bonchev–Trinajstić information content (AvgIpc) is 0.743. The molecule has 0 aliphatic carbocycles. The highest BCUT2D eigenvalue weighted by Gasteiger charge is 2.19. The molecule has 0 saturated carbocycles. The molecule has 0 N–H and O–H groups in total. The smallest absolute Gasteiger partial charge is 0.0978 e. The zero-order valence-corrected chi connectivity index (χ0v) is 52.9. The van der Waals surface area contributed by atoms with E-state index in [9.17, 15) is 0 Å². The van der Waals surface area contributed by atoms with Gasteiger partial charge in [-0.1, -0.05) is 267 Å². The van der Waals surface area contributed by atoms with Crippen molar-refractivity contribution in [2.24, 2.45) is 0 Å². The van der Waals surface area contributed by atoms with Gasteiger partial charge in [0.05, 0.1) is 78.3 Å². The van der Waals surface area contributed by atoms with Crippen LogP contribution in [-0.4, -0.2) is 39.9 Å². The molecule has 0 amide bonds. The summed E-state index contributed by atoms with van der Waals surface area (Å²) in [4.78, 5) is 39.9. The second-order valence-corrected chi connectivity index (χ2v) is 24.5. The second-order valence-electron chi connectivity index (χ2n) is 24.5. The molecule has 98 heavy (non-hydrogen) atoms. The maximum Gasteiger partial charge on any atom is 0.0978 e. The Kier molecular flexibility index (Phi) is 14.4. The minimum absolute atomic E-state index is 0.854. The molecule has 0 aliphatic rings. The quantitative estimate of drug-likeness (QED) is 0.104. The van der Waals surface area contributed by atoms with Crippen molar-refractivity contribution >= 4 is 87.2 Å². The van der Waals surface area contributed by atoms with E-state index >= 15 is 0 Å². The molecule has 8 heteroatoms. The van der Waals surface area contributed by atoms with Crippen LogP contribution in [0.4, 0.5) is 0 Å². The minimum Gasteiger partial charge on any atom is -0.255 e. The molecule has 19 rings (SSSR count). The van der Waals surface area contributed by atoms with Crippen LogP contribution in [0.5, 0.6) is 0 Å². The Bertz CT molecular complexity index is 6250. The van der Waals surface area contributed by atoms with Crippen LogP contribution in [0.15, 0.2) is 340 Å². The SMILES string of the molecule is c1ccc(-c2ccc(-c3c4ccccc4nc4c3ccc3ccc(-c5ccc(-c6ccc7ccc8cccnc8c7n6)cc5)nc34)cc2)cc1.c1ccc(-c2ccc(-c3c4ccccc4nc4c3ccc3ccc(-c5ccc(-c6cccc(-c7ccccn7)n6)cc5)nc34)cc2)cc1. The lowest BCUT2D eigenvalue weighted by Gasteiger charge is -2.14. The standard InChI is InChI=1S/C46H28N4.C44H28N4/c1-2-7-29(8-3-1)30-12-18-33(19-13-30)42-37-10-4-5-11-41(37)50-46-38(42)25-22-36-24-27-40(49-45(36)46)32-16-14-31(15-17-32)39-26-23-35-21-20-34-9-6-28-47-43(34)44(35)48-39;1-2-9-29(10-3-1)30-16-22-33(23-17-30)42-35-11-4-5-12-39(35)48-44-36(42)26-24-34-25-27-38(47-43(34)44)32-20-18-31(19-21-32)37-14-8-15-41(46-37)40-13-6-7-28-45-40/h1-28H;1-28H. The fraction of sp³-hybridized carbons (Fsp3) is 0. The molecule has 0 atom stereocenters. The summed E-state index contributed by atoms with van der Waals surface area (Å²) in [5, 5.41) is 8.73. The molecular weight excluding hydrogens is 1190 g/mol. The summed E-state index contributed by atoms with van der Waals surface area (Å²) in [5.41, 5.74) is 26.3. The lowest BCUT2D eigenvalue weighted by Crippen LogP contribution is -1.93. The van der Waals surface area contributed by atoms with Gasteiger partial charge in [-0.15, -0.1) is 0 Å². The van der Waals surface area contributed by atoms with E-state index < -0.39 is 0 Å². The van der Waals surface area contributed by atoms with E-state index in [0.717, 1.165) is 155 Å². The monoisotopic (exact) mass is 1250 g/mol. The van der Waals surface area contributed by atoms with Gasteiger partial charge in [0, 0.05) is 88.9 Å². The van der Waals surface area contributed by atoms with Crippen LogP contribution in [0.25, 0.3) is 188 Å². The molecule has 11 aromatic carbocycles. The maximum atomic E-state index is 5.26. The summed E-state index contributed by atoms with van der Waals surface area (Å²) in [6.45, 7) is 0. The van der Waals surface area contributed by atoms with Crippen molar-refractivity contribution in [1.82, 2.24) is 39.9 Å². The molecule has 8 nitrogen and oxygen atoms in total. The van der Waals surface area contributed by atoms with Gasteiger partial charge in [-0.25, -0.2) is 29.9 Å². The van der Waals surface area contributed by atoms with Gasteiger partial charge in [-0.05, 0) is 94.0 Å². The molecule has 8 aromatic heterocycles. The summed E-state index contributed by atoms with van der Waals surface area (Å²) < 4.78 is 0. The first-order chi connectivity index (χ1) is 48.5. The summed E-state index contributed by atoms with van der Waals surface area (Å²) in [5.74, 6) is 0. The van der Waals surface area contributed by atoms with Crippen LogP contribution >= 0.6 is 0 Å². The largest absolute Gasteiger partial charge is 0.255 e. The van der Waals surface area contributed by atoms with Crippen molar-refractivity contribution in [2.75, 3.05) is 0 Å². The number of hydrogen-bond acceptors (Lipinski definition) is 8. The van der Waals surface area contributed by atoms with E-state index in [0.29, 0.717) is 0 Å². The molecule has 19 aromatic rings. The highest BCUT2D eigenvalue weighted by molar-refractivity contribution is 6.18. The van der Waals surface area contributed by atoms with Crippen molar-refractivity contribution in [3.8, 4) is 101 Å². The molecule has 0 unspecified atom stereocenters. The Balaban J connectivity index is 0.000000142. The van der Waals surface area contributed by atoms with Crippen LogP contribution in [0.1, 0.15) is 0 Å². The predicted molar refractivity (Wildman–Crippen MR) is 404 cm³/mol. The average molecular weight is 1250 g/mol. The number of aromatic nitrogens is 8. The minimum atomic E-state index is 0.854. The molecule has 0 fully saturated rings. The molecule has 8 heterocycles. The van der Waals surface area contributed by atoms with E-state index in [2.05, 4.69) is 289 Å². The summed E-state index contributed by atoms with van der Waals surface area (Å²) in [7, 11) is 0. The number of pyridine rings is 8. The van der Waals surface area contributed by atoms with Crippen molar-refractivity contribution < 1.29 is 0 Å². The Labute approximate surface area is 564 Å². The van der Waals surface area contributed by atoms with Crippen LogP contribution < -0.4 is 0 Å². The normalized spacial score (nSPS) is 11.5. The zero-order valence-electron chi connectivity index (χ0n) is 52.9. The zero-order chi connectivity index (χ0) is 64.9. The summed E-state index contributed by atoms with van der Waals surface area (Å²) in [6.07, 6.45) is 3.62. The number of benzene rings is 11. The van der Waals surface area contributed by atoms with Crippen molar-refractivity contribution in [3.63, 3.8) is 0 Å². The number of rotatable bonds is 9. The molecule has 0 bridgehead atoms. The van der Waals surface area contributed by atoms with Crippen LogP contribution in [0.2, 0.25) is 0 Å². The molecular formula is C90H56N8. The fourth-order valence-corrected chi connectivity index (χ4v) is 13.7. The van der Waals surface area contributed by atoms with E-state index in [-0.39, 0.29) is 0 Å². The van der Waals surface area contributed by atoms with Crippen LogP contribution in [0.3, 0.4) is 0 Å². The first kappa shape index (κ1) is 57.4. The third-order valence-corrected chi connectivity index (χ3v) is 18.6.